The Balaban J connectivity index is 1.56. The van der Waals surface area contributed by atoms with E-state index in [2.05, 4.69) is 4.98 Å². The summed E-state index contributed by atoms with van der Waals surface area (Å²) in [6.45, 7) is 0.886. The number of benzene rings is 1. The Bertz CT molecular complexity index is 688. The van der Waals surface area contributed by atoms with E-state index in [1.807, 2.05) is 24.3 Å². The molecule has 120 valence electrons. The molecule has 1 aliphatic heterocycles. The molecule has 0 saturated carbocycles. The summed E-state index contributed by atoms with van der Waals surface area (Å²) < 4.78 is 11.5. The normalized spacial score (nSPS) is 16.0. The minimum atomic E-state index is -0.182. The van der Waals surface area contributed by atoms with E-state index in [0.29, 0.717) is 30.3 Å². The Morgan fingerprint density at radius 3 is 2.83 bits per heavy atom. The number of rotatable bonds is 4. The highest BCUT2D eigenvalue weighted by Crippen LogP contribution is 2.30. The molecule has 1 aromatic carbocycles. The van der Waals surface area contributed by atoms with Gasteiger partial charge in [-0.15, -0.1) is 0 Å². The molecule has 1 aliphatic rings. The number of nitrogens with two attached hydrogens (primary N) is 1. The summed E-state index contributed by atoms with van der Waals surface area (Å²) in [5.74, 6) is 1.43. The first kappa shape index (κ1) is 15.1. The van der Waals surface area contributed by atoms with Gasteiger partial charge in [0.1, 0.15) is 6.61 Å². The summed E-state index contributed by atoms with van der Waals surface area (Å²) in [5, 5.41) is 0. The van der Waals surface area contributed by atoms with Gasteiger partial charge in [-0.05, 0) is 24.3 Å². The van der Waals surface area contributed by atoms with E-state index in [9.17, 15) is 4.79 Å². The molecule has 0 aliphatic carbocycles. The SMILES string of the molecule is CN(CC1COc2ccccc2O1)C(=O)Cc1ccc(N)cn1. The van der Waals surface area contributed by atoms with Crippen LogP contribution in [0.2, 0.25) is 0 Å². The van der Waals surface area contributed by atoms with Crippen LogP contribution >= 0.6 is 0 Å². The molecule has 1 amide bonds. The lowest BCUT2D eigenvalue weighted by molar-refractivity contribution is -0.130. The van der Waals surface area contributed by atoms with Crippen LogP contribution in [0.1, 0.15) is 5.69 Å². The van der Waals surface area contributed by atoms with Crippen molar-refractivity contribution in [1.82, 2.24) is 9.88 Å². The van der Waals surface area contributed by atoms with Crippen LogP contribution in [0.5, 0.6) is 11.5 Å². The van der Waals surface area contributed by atoms with E-state index in [-0.39, 0.29) is 18.4 Å². The average Bonchev–Trinajstić information content (AvgIpc) is 2.56. The Morgan fingerprint density at radius 1 is 1.30 bits per heavy atom. The summed E-state index contributed by atoms with van der Waals surface area (Å²) in [5.41, 5.74) is 6.87. The van der Waals surface area contributed by atoms with Gasteiger partial charge in [-0.25, -0.2) is 0 Å². The predicted octanol–water partition coefficient (Wildman–Crippen LogP) is 1.50. The monoisotopic (exact) mass is 313 g/mol. The number of carbonyl (C=O) groups excluding carboxylic acids is 1. The van der Waals surface area contributed by atoms with Gasteiger partial charge in [0.15, 0.2) is 17.6 Å². The Morgan fingerprint density at radius 2 is 2.09 bits per heavy atom. The van der Waals surface area contributed by atoms with E-state index in [4.69, 9.17) is 15.2 Å². The smallest absolute Gasteiger partial charge is 0.228 e. The molecular formula is C17H19N3O3. The zero-order chi connectivity index (χ0) is 16.2. The van der Waals surface area contributed by atoms with Crippen LogP contribution in [0, 0.1) is 0 Å². The van der Waals surface area contributed by atoms with Crippen LogP contribution in [0.15, 0.2) is 42.6 Å². The van der Waals surface area contributed by atoms with Gasteiger partial charge in [-0.3, -0.25) is 9.78 Å². The number of ether oxygens (including phenoxy) is 2. The Hall–Kier alpha value is -2.76. The van der Waals surface area contributed by atoms with E-state index < -0.39 is 0 Å². The van der Waals surface area contributed by atoms with Gasteiger partial charge < -0.3 is 20.1 Å². The zero-order valence-corrected chi connectivity index (χ0v) is 12.9. The standard InChI is InChI=1S/C17H19N3O3/c1-20(17(21)8-13-7-6-12(18)9-19-13)10-14-11-22-15-4-2-3-5-16(15)23-14/h2-7,9,14H,8,10-11,18H2,1H3. The molecule has 0 radical (unpaired) electrons. The maximum absolute atomic E-state index is 12.3. The molecule has 0 saturated heterocycles. The molecule has 1 aromatic heterocycles. The fraction of sp³-hybridized carbons (Fsp3) is 0.294. The molecule has 23 heavy (non-hydrogen) atoms. The molecule has 0 bridgehead atoms. The number of amides is 1. The molecule has 2 N–H and O–H groups in total. The van der Waals surface area contributed by atoms with Gasteiger partial charge in [0.25, 0.3) is 0 Å². The second kappa shape index (κ2) is 6.56. The number of nitrogens with zero attached hydrogens (tertiary/aromatic N) is 2. The third-order valence-electron chi connectivity index (χ3n) is 3.65. The Kier molecular flexibility index (Phi) is 4.32. The maximum Gasteiger partial charge on any atom is 0.228 e. The first-order valence-electron chi connectivity index (χ1n) is 7.44. The van der Waals surface area contributed by atoms with Crippen molar-refractivity contribution in [3.05, 3.63) is 48.3 Å². The van der Waals surface area contributed by atoms with E-state index in [1.165, 1.54) is 0 Å². The summed E-state index contributed by atoms with van der Waals surface area (Å²) in [4.78, 5) is 18.1. The quantitative estimate of drug-likeness (QED) is 0.925. The lowest BCUT2D eigenvalue weighted by Gasteiger charge is -2.29. The van der Waals surface area contributed by atoms with Crippen molar-refractivity contribution < 1.29 is 14.3 Å². The fourth-order valence-electron chi connectivity index (χ4n) is 2.39. The molecule has 2 aromatic rings. The second-order valence-corrected chi connectivity index (χ2v) is 5.53. The summed E-state index contributed by atoms with van der Waals surface area (Å²) in [7, 11) is 1.75. The summed E-state index contributed by atoms with van der Waals surface area (Å²) in [6.07, 6.45) is 1.61. The lowest BCUT2D eigenvalue weighted by atomic mass is 10.2. The number of fused-ring (bicyclic) bond motifs is 1. The molecule has 6 heteroatoms. The zero-order valence-electron chi connectivity index (χ0n) is 12.9. The highest BCUT2D eigenvalue weighted by molar-refractivity contribution is 5.78. The van der Waals surface area contributed by atoms with Crippen molar-refractivity contribution in [1.29, 1.82) is 0 Å². The third-order valence-corrected chi connectivity index (χ3v) is 3.65. The number of pyridine rings is 1. The van der Waals surface area contributed by atoms with Crippen LogP contribution in [0.25, 0.3) is 0 Å². The molecule has 1 unspecified atom stereocenters. The van der Waals surface area contributed by atoms with E-state index in [0.717, 1.165) is 5.75 Å². The lowest BCUT2D eigenvalue weighted by Crippen LogP contribution is -2.42. The first-order valence-corrected chi connectivity index (χ1v) is 7.44. The van der Waals surface area contributed by atoms with Crippen LogP contribution in [0.3, 0.4) is 0 Å². The van der Waals surface area contributed by atoms with Crippen LogP contribution in [-0.4, -0.2) is 42.1 Å². The molecule has 3 rings (SSSR count). The number of carbonyl (C=O) groups is 1. The molecule has 0 fully saturated rings. The summed E-state index contributed by atoms with van der Waals surface area (Å²) in [6, 6.07) is 11.0. The minimum absolute atomic E-state index is 0.0234. The van der Waals surface area contributed by atoms with Crippen LogP contribution in [0.4, 0.5) is 5.69 Å². The number of aromatic nitrogens is 1. The van der Waals surface area contributed by atoms with Crippen LogP contribution < -0.4 is 15.2 Å². The Labute approximate surface area is 134 Å². The van der Waals surface area contributed by atoms with Gasteiger partial charge in [-0.2, -0.15) is 0 Å². The maximum atomic E-state index is 12.3. The van der Waals surface area contributed by atoms with Gasteiger partial charge >= 0.3 is 0 Å². The largest absolute Gasteiger partial charge is 0.486 e. The van der Waals surface area contributed by atoms with Crippen molar-refractivity contribution in [3.8, 4) is 11.5 Å². The third kappa shape index (κ3) is 3.71. The van der Waals surface area contributed by atoms with Gasteiger partial charge in [0.2, 0.25) is 5.91 Å². The van der Waals surface area contributed by atoms with Crippen molar-refractivity contribution in [2.24, 2.45) is 0 Å². The van der Waals surface area contributed by atoms with Crippen molar-refractivity contribution in [2.75, 3.05) is 25.9 Å². The van der Waals surface area contributed by atoms with E-state index in [1.54, 1.807) is 30.3 Å². The number of nitrogen functional groups attached to an aromatic ring is 1. The molecular weight excluding hydrogens is 294 g/mol. The number of likely N-dealkylation sites (N-methyl/N-ethyl adjacent to an activating group) is 1. The summed E-state index contributed by atoms with van der Waals surface area (Å²) >= 11 is 0. The highest BCUT2D eigenvalue weighted by atomic mass is 16.6. The topological polar surface area (TPSA) is 77.7 Å². The van der Waals surface area contributed by atoms with Crippen molar-refractivity contribution in [3.63, 3.8) is 0 Å². The average molecular weight is 313 g/mol. The number of para-hydroxylation sites is 2. The number of anilines is 1. The van der Waals surface area contributed by atoms with Crippen LogP contribution in [-0.2, 0) is 11.2 Å². The molecule has 0 spiro atoms. The van der Waals surface area contributed by atoms with Gasteiger partial charge in [-0.1, -0.05) is 12.1 Å². The molecule has 6 nitrogen and oxygen atoms in total. The van der Waals surface area contributed by atoms with Crippen molar-refractivity contribution >= 4 is 11.6 Å². The first-order chi connectivity index (χ1) is 11.1. The molecule has 1 atom stereocenters. The predicted molar refractivity (Wildman–Crippen MR) is 86.3 cm³/mol. The highest BCUT2D eigenvalue weighted by Gasteiger charge is 2.23. The van der Waals surface area contributed by atoms with E-state index >= 15 is 0 Å². The fourth-order valence-corrected chi connectivity index (χ4v) is 2.39. The second-order valence-electron chi connectivity index (χ2n) is 5.53. The number of hydrogen-bond acceptors (Lipinski definition) is 5. The minimum Gasteiger partial charge on any atom is -0.486 e. The van der Waals surface area contributed by atoms with Crippen molar-refractivity contribution in [2.45, 2.75) is 12.5 Å². The van der Waals surface area contributed by atoms with Gasteiger partial charge in [0.05, 0.1) is 24.8 Å². The van der Waals surface area contributed by atoms with Gasteiger partial charge in [0, 0.05) is 12.7 Å². The number of hydrogen-bond donors (Lipinski definition) is 1. The molecule has 2 heterocycles.